The Morgan fingerprint density at radius 3 is 2.53 bits per heavy atom. The van der Waals surface area contributed by atoms with Crippen LogP contribution in [-0.2, 0) is 19.1 Å². The maximum absolute atomic E-state index is 14.0. The van der Waals surface area contributed by atoms with E-state index in [4.69, 9.17) is 19.6 Å². The number of hydrogen-bond donors (Lipinski definition) is 2. The molecular formula is C33H46FN3O6. The molecule has 2 amide bonds. The molecule has 1 aliphatic heterocycles. The largest absolute Gasteiger partial charge is 0.460 e. The number of nitrogens with zero attached hydrogens (tertiary/aromatic N) is 1. The Bertz CT molecular complexity index is 1250. The Hall–Kier alpha value is -2.98. The van der Waals surface area contributed by atoms with Crippen molar-refractivity contribution in [1.29, 1.82) is 0 Å². The van der Waals surface area contributed by atoms with Crippen molar-refractivity contribution >= 4 is 34.4 Å². The Kier molecular flexibility index (Phi) is 10.7. The van der Waals surface area contributed by atoms with Crippen molar-refractivity contribution in [2.45, 2.75) is 82.7 Å². The van der Waals surface area contributed by atoms with Crippen molar-refractivity contribution in [3.63, 3.8) is 0 Å². The van der Waals surface area contributed by atoms with Crippen LogP contribution in [0.1, 0.15) is 81.2 Å². The molecular weight excluding hydrogens is 553 g/mol. The van der Waals surface area contributed by atoms with Gasteiger partial charge in [-0.2, -0.15) is 0 Å². The number of esters is 1. The summed E-state index contributed by atoms with van der Waals surface area (Å²) in [7, 11) is 1.59. The van der Waals surface area contributed by atoms with E-state index < -0.39 is 24.7 Å². The van der Waals surface area contributed by atoms with Crippen LogP contribution in [-0.4, -0.2) is 68.3 Å². The fourth-order valence-electron chi connectivity index (χ4n) is 7.49. The highest BCUT2D eigenvalue weighted by atomic mass is 19.1. The topological polar surface area (TPSA) is 124 Å². The first-order valence-corrected chi connectivity index (χ1v) is 16.0. The average Bonchev–Trinajstić information content (AvgIpc) is 3.68. The minimum absolute atomic E-state index is 0.0460. The van der Waals surface area contributed by atoms with Crippen LogP contribution < -0.4 is 11.1 Å². The van der Waals surface area contributed by atoms with Gasteiger partial charge in [0.15, 0.2) is 0 Å². The van der Waals surface area contributed by atoms with Crippen LogP contribution >= 0.6 is 0 Å². The number of amides is 2. The molecule has 5 rings (SSSR count). The number of alkyl halides is 1. The number of nitrogens with one attached hydrogen (secondary N) is 1. The molecule has 1 aromatic heterocycles. The van der Waals surface area contributed by atoms with E-state index in [2.05, 4.69) is 5.32 Å². The Morgan fingerprint density at radius 2 is 1.81 bits per heavy atom. The van der Waals surface area contributed by atoms with E-state index in [0.29, 0.717) is 55.0 Å². The lowest BCUT2D eigenvalue weighted by atomic mass is 9.76. The third-order valence-corrected chi connectivity index (χ3v) is 9.87. The molecule has 2 aromatic rings. The summed E-state index contributed by atoms with van der Waals surface area (Å²) in [6.07, 6.45) is 10.0. The summed E-state index contributed by atoms with van der Waals surface area (Å²) < 4.78 is 29.1. The number of benzene rings is 1. The van der Waals surface area contributed by atoms with E-state index in [1.54, 1.807) is 31.4 Å². The number of anilines is 1. The van der Waals surface area contributed by atoms with Gasteiger partial charge >= 0.3 is 5.97 Å². The number of ether oxygens (including phenoxy) is 2. The molecule has 3 N–H and O–H groups in total. The lowest BCUT2D eigenvalue weighted by Crippen LogP contribution is -2.50. The lowest BCUT2D eigenvalue weighted by molar-refractivity contribution is -0.142. The van der Waals surface area contributed by atoms with Crippen LogP contribution in [0.4, 0.5) is 10.1 Å². The third kappa shape index (κ3) is 7.40. The molecule has 0 bridgehead atoms. The van der Waals surface area contributed by atoms with Gasteiger partial charge in [-0.1, -0.05) is 32.1 Å². The SMILES string of the molecule is COCCCOC(=O)c1cc2cc(NC(=O)[C@@H]3[C@H](C4CCCCC4)CCN3C(=O)C3CCC(C(N)CF)CC3)ccc2o1. The van der Waals surface area contributed by atoms with E-state index in [1.807, 2.05) is 4.90 Å². The maximum atomic E-state index is 14.0. The molecule has 9 nitrogen and oxygen atoms in total. The first-order chi connectivity index (χ1) is 20.9. The number of furan rings is 1. The fraction of sp³-hybridized carbons (Fsp3) is 0.667. The second-order valence-corrected chi connectivity index (χ2v) is 12.6. The van der Waals surface area contributed by atoms with Crippen molar-refractivity contribution in [1.82, 2.24) is 4.90 Å². The molecule has 1 saturated heterocycles. The van der Waals surface area contributed by atoms with E-state index in [9.17, 15) is 18.8 Å². The lowest BCUT2D eigenvalue weighted by Gasteiger charge is -2.36. The van der Waals surface area contributed by atoms with Crippen LogP contribution in [0.2, 0.25) is 0 Å². The van der Waals surface area contributed by atoms with Gasteiger partial charge in [-0.25, -0.2) is 9.18 Å². The van der Waals surface area contributed by atoms with Crippen LogP contribution in [0.25, 0.3) is 11.0 Å². The minimum atomic E-state index is -0.547. The van der Waals surface area contributed by atoms with Crippen molar-refractivity contribution in [2.75, 3.05) is 38.9 Å². The number of likely N-dealkylation sites (tertiary alicyclic amines) is 1. The third-order valence-electron chi connectivity index (χ3n) is 9.87. The molecule has 43 heavy (non-hydrogen) atoms. The molecule has 3 aliphatic rings. The van der Waals surface area contributed by atoms with Gasteiger partial charge in [0.05, 0.1) is 6.61 Å². The predicted octanol–water partition coefficient (Wildman–Crippen LogP) is 5.47. The molecule has 2 saturated carbocycles. The second-order valence-electron chi connectivity index (χ2n) is 12.6. The van der Waals surface area contributed by atoms with Gasteiger partial charge in [0, 0.05) is 49.7 Å². The average molecular weight is 600 g/mol. The standard InChI is InChI=1S/C33H46FN3O6/c1-41-16-5-17-42-33(40)29-19-24-18-25(12-13-28(24)43-29)36-31(38)30-26(21-6-3-2-4-7-21)14-15-37(30)32(39)23-10-8-22(9-11-23)27(35)20-34/h12-13,18-19,21-23,26-27,30H,2-11,14-17,20,35H2,1H3,(H,36,38)/t22?,23?,26-,27?,30-/m0/s1. The van der Waals surface area contributed by atoms with Crippen LogP contribution in [0.5, 0.6) is 0 Å². The molecule has 1 aromatic carbocycles. The van der Waals surface area contributed by atoms with Crippen molar-refractivity contribution < 1.29 is 32.7 Å². The Balaban J connectivity index is 1.29. The van der Waals surface area contributed by atoms with Gasteiger partial charge in [-0.05, 0) is 74.1 Å². The van der Waals surface area contributed by atoms with Crippen molar-refractivity contribution in [3.8, 4) is 0 Å². The maximum Gasteiger partial charge on any atom is 0.374 e. The summed E-state index contributed by atoms with van der Waals surface area (Å²) in [6, 6.07) is 5.88. The van der Waals surface area contributed by atoms with E-state index in [0.717, 1.165) is 44.9 Å². The number of hydrogen-bond acceptors (Lipinski definition) is 7. The Labute approximate surface area is 253 Å². The molecule has 1 unspecified atom stereocenters. The number of halogens is 1. The van der Waals surface area contributed by atoms with Gasteiger partial charge < -0.3 is 29.8 Å². The van der Waals surface area contributed by atoms with Gasteiger partial charge in [0.1, 0.15) is 18.3 Å². The van der Waals surface area contributed by atoms with E-state index >= 15 is 0 Å². The quantitative estimate of drug-likeness (QED) is 0.259. The number of rotatable bonds is 11. The molecule has 2 aliphatic carbocycles. The van der Waals surface area contributed by atoms with Crippen molar-refractivity contribution in [3.05, 3.63) is 30.0 Å². The molecule has 2 heterocycles. The summed E-state index contributed by atoms with van der Waals surface area (Å²) in [4.78, 5) is 42.1. The highest BCUT2D eigenvalue weighted by Gasteiger charge is 2.47. The van der Waals surface area contributed by atoms with Crippen molar-refractivity contribution in [2.24, 2.45) is 29.4 Å². The number of fused-ring (bicyclic) bond motifs is 1. The number of methoxy groups -OCH3 is 1. The zero-order chi connectivity index (χ0) is 30.3. The first-order valence-electron chi connectivity index (χ1n) is 16.0. The van der Waals surface area contributed by atoms with Gasteiger partial charge in [-0.3, -0.25) is 9.59 Å². The molecule has 3 fully saturated rings. The summed E-state index contributed by atoms with van der Waals surface area (Å²) in [5.41, 5.74) is 7.05. The van der Waals surface area contributed by atoms with E-state index in [-0.39, 0.29) is 41.9 Å². The highest BCUT2D eigenvalue weighted by molar-refractivity contribution is 6.00. The summed E-state index contributed by atoms with van der Waals surface area (Å²) in [6.45, 7) is 0.777. The summed E-state index contributed by atoms with van der Waals surface area (Å²) in [5.74, 6) is -0.0695. The summed E-state index contributed by atoms with van der Waals surface area (Å²) >= 11 is 0. The zero-order valence-electron chi connectivity index (χ0n) is 25.2. The van der Waals surface area contributed by atoms with Crippen LogP contribution in [0.3, 0.4) is 0 Å². The van der Waals surface area contributed by atoms with Crippen LogP contribution in [0, 0.1) is 23.7 Å². The van der Waals surface area contributed by atoms with Gasteiger partial charge in [0.2, 0.25) is 17.6 Å². The highest BCUT2D eigenvalue weighted by Crippen LogP contribution is 2.41. The number of carbonyl (C=O) groups excluding carboxylic acids is 3. The smallest absolute Gasteiger partial charge is 0.374 e. The molecule has 0 spiro atoms. The predicted molar refractivity (Wildman–Crippen MR) is 161 cm³/mol. The monoisotopic (exact) mass is 599 g/mol. The molecule has 3 atom stereocenters. The number of carbonyl (C=O) groups is 3. The minimum Gasteiger partial charge on any atom is -0.460 e. The number of nitrogens with two attached hydrogens (primary N) is 1. The molecule has 0 radical (unpaired) electrons. The van der Waals surface area contributed by atoms with Gasteiger partial charge in [-0.15, -0.1) is 0 Å². The van der Waals surface area contributed by atoms with Crippen LogP contribution in [0.15, 0.2) is 28.7 Å². The fourth-order valence-corrected chi connectivity index (χ4v) is 7.49. The Morgan fingerprint density at radius 1 is 1.05 bits per heavy atom. The normalized spacial score (nSPS) is 25.5. The second kappa shape index (κ2) is 14.7. The first kappa shape index (κ1) is 31.4. The van der Waals surface area contributed by atoms with E-state index in [1.165, 1.54) is 6.42 Å². The zero-order valence-corrected chi connectivity index (χ0v) is 25.2. The van der Waals surface area contributed by atoms with Gasteiger partial charge in [0.25, 0.3) is 0 Å². The molecule has 236 valence electrons. The summed E-state index contributed by atoms with van der Waals surface area (Å²) in [5, 5.41) is 3.76. The molecule has 10 heteroatoms.